The van der Waals surface area contributed by atoms with Crippen LogP contribution in [0.4, 0.5) is 16.2 Å². The lowest BCUT2D eigenvalue weighted by Crippen LogP contribution is -2.06. The molecule has 108 valence electrons. The van der Waals surface area contributed by atoms with Crippen molar-refractivity contribution in [3.05, 3.63) is 41.0 Å². The fourth-order valence-electron chi connectivity index (χ4n) is 2.30. The van der Waals surface area contributed by atoms with E-state index >= 15 is 0 Å². The largest absolute Gasteiger partial charge is 0.368 e. The number of nitrogen functional groups attached to an aromatic ring is 1. The first-order chi connectivity index (χ1) is 10.0. The minimum absolute atomic E-state index is 0.156. The summed E-state index contributed by atoms with van der Waals surface area (Å²) >= 11 is 0. The lowest BCUT2D eigenvalue weighted by Gasteiger charge is -2.09. The molecule has 21 heavy (non-hydrogen) atoms. The van der Waals surface area contributed by atoms with E-state index in [0.717, 1.165) is 5.56 Å². The van der Waals surface area contributed by atoms with Crippen LogP contribution < -0.4 is 11.1 Å². The lowest BCUT2D eigenvalue weighted by molar-refractivity contribution is 0.608. The Morgan fingerprint density at radius 2 is 1.95 bits per heavy atom. The number of benzene rings is 1. The third kappa shape index (κ3) is 2.49. The molecule has 3 rings (SSSR count). The zero-order chi connectivity index (χ0) is 15.0. The van der Waals surface area contributed by atoms with Crippen LogP contribution in [0.3, 0.4) is 0 Å². The molecule has 0 aliphatic carbocycles. The van der Waals surface area contributed by atoms with Crippen LogP contribution in [-0.4, -0.2) is 19.9 Å². The molecule has 0 spiro atoms. The van der Waals surface area contributed by atoms with Crippen LogP contribution in [0.25, 0.3) is 11.2 Å². The van der Waals surface area contributed by atoms with Gasteiger partial charge in [-0.05, 0) is 30.5 Å². The smallest absolute Gasteiger partial charge is 0.224 e. The van der Waals surface area contributed by atoms with Crippen molar-refractivity contribution in [1.29, 1.82) is 0 Å². The van der Waals surface area contributed by atoms with E-state index in [-0.39, 0.29) is 11.8 Å². The third-order valence-corrected chi connectivity index (χ3v) is 3.26. The minimum atomic E-state index is -0.166. The number of anilines is 2. The molecule has 6 nitrogen and oxygen atoms in total. The van der Waals surface area contributed by atoms with Crippen molar-refractivity contribution >= 4 is 22.9 Å². The van der Waals surface area contributed by atoms with Crippen LogP contribution in [0, 0.1) is 19.7 Å². The SMILES string of the molecule is Cc1cc(CNc2nc(N)nc3nc[nH]c23)cc(C)c1F. The molecule has 1 aromatic carbocycles. The first-order valence-corrected chi connectivity index (χ1v) is 6.50. The number of fused-ring (bicyclic) bond motifs is 1. The Bertz CT molecular complexity index is 787. The molecular weight excluding hydrogens is 271 g/mol. The van der Waals surface area contributed by atoms with E-state index < -0.39 is 0 Å². The maximum atomic E-state index is 13.6. The Morgan fingerprint density at radius 3 is 2.67 bits per heavy atom. The molecule has 0 atom stereocenters. The molecule has 0 radical (unpaired) electrons. The summed E-state index contributed by atoms with van der Waals surface area (Å²) in [6.45, 7) is 4.01. The Kier molecular flexibility index (Phi) is 3.17. The molecule has 0 unspecified atom stereocenters. The first-order valence-electron chi connectivity index (χ1n) is 6.50. The number of aryl methyl sites for hydroxylation is 2. The van der Waals surface area contributed by atoms with Gasteiger partial charge in [-0.3, -0.25) is 0 Å². The topological polar surface area (TPSA) is 92.5 Å². The molecule has 0 bridgehead atoms. The highest BCUT2D eigenvalue weighted by Gasteiger charge is 2.09. The molecule has 0 aliphatic heterocycles. The second-order valence-electron chi connectivity index (χ2n) is 4.93. The van der Waals surface area contributed by atoms with Crippen LogP contribution >= 0.6 is 0 Å². The summed E-state index contributed by atoms with van der Waals surface area (Å²) in [4.78, 5) is 15.2. The number of nitrogens with zero attached hydrogens (tertiary/aromatic N) is 3. The van der Waals surface area contributed by atoms with Gasteiger partial charge in [0.25, 0.3) is 0 Å². The fourth-order valence-corrected chi connectivity index (χ4v) is 2.30. The zero-order valence-electron chi connectivity index (χ0n) is 11.7. The van der Waals surface area contributed by atoms with E-state index in [4.69, 9.17) is 5.73 Å². The van der Waals surface area contributed by atoms with E-state index in [1.165, 1.54) is 6.33 Å². The Balaban J connectivity index is 1.88. The van der Waals surface area contributed by atoms with E-state index in [9.17, 15) is 4.39 Å². The number of H-pyrrole nitrogens is 1. The number of halogens is 1. The van der Waals surface area contributed by atoms with Gasteiger partial charge < -0.3 is 16.0 Å². The average molecular weight is 286 g/mol. The van der Waals surface area contributed by atoms with Gasteiger partial charge in [-0.1, -0.05) is 12.1 Å². The molecule has 2 heterocycles. The summed E-state index contributed by atoms with van der Waals surface area (Å²) in [5.41, 5.74) is 9.08. The highest BCUT2D eigenvalue weighted by atomic mass is 19.1. The Morgan fingerprint density at radius 1 is 1.24 bits per heavy atom. The van der Waals surface area contributed by atoms with Crippen LogP contribution in [-0.2, 0) is 6.54 Å². The molecule has 4 N–H and O–H groups in total. The Labute approximate surface area is 120 Å². The molecule has 2 aromatic heterocycles. The lowest BCUT2D eigenvalue weighted by atomic mass is 10.1. The molecule has 0 aliphatic rings. The van der Waals surface area contributed by atoms with E-state index in [1.807, 2.05) is 12.1 Å². The highest BCUT2D eigenvalue weighted by molar-refractivity contribution is 5.83. The van der Waals surface area contributed by atoms with Gasteiger partial charge in [-0.15, -0.1) is 0 Å². The molecule has 0 saturated heterocycles. The van der Waals surface area contributed by atoms with Gasteiger partial charge in [0.05, 0.1) is 6.33 Å². The number of imidazole rings is 1. The number of rotatable bonds is 3. The number of aromatic amines is 1. The second-order valence-corrected chi connectivity index (χ2v) is 4.93. The van der Waals surface area contributed by atoms with Crippen LogP contribution in [0.2, 0.25) is 0 Å². The molecule has 3 aromatic rings. The van der Waals surface area contributed by atoms with Crippen molar-refractivity contribution in [2.24, 2.45) is 0 Å². The summed E-state index contributed by atoms with van der Waals surface area (Å²) in [5.74, 6) is 0.569. The predicted molar refractivity (Wildman–Crippen MR) is 79.3 cm³/mol. The van der Waals surface area contributed by atoms with Gasteiger partial charge in [0.1, 0.15) is 11.3 Å². The van der Waals surface area contributed by atoms with Gasteiger partial charge in [-0.2, -0.15) is 9.97 Å². The minimum Gasteiger partial charge on any atom is -0.368 e. The average Bonchev–Trinajstić information content (AvgIpc) is 2.90. The summed E-state index contributed by atoms with van der Waals surface area (Å²) in [6, 6.07) is 3.62. The second kappa shape index (κ2) is 5.01. The van der Waals surface area contributed by atoms with Crippen LogP contribution in [0.1, 0.15) is 16.7 Å². The van der Waals surface area contributed by atoms with Gasteiger partial charge >= 0.3 is 0 Å². The summed E-state index contributed by atoms with van der Waals surface area (Å²) < 4.78 is 13.6. The molecule has 0 saturated carbocycles. The fraction of sp³-hybridized carbons (Fsp3) is 0.214. The quantitative estimate of drug-likeness (QED) is 0.687. The van der Waals surface area contributed by atoms with Crippen molar-refractivity contribution in [3.8, 4) is 0 Å². The highest BCUT2D eigenvalue weighted by Crippen LogP contribution is 2.19. The van der Waals surface area contributed by atoms with Crippen LogP contribution in [0.5, 0.6) is 0 Å². The standard InChI is InChI=1S/C14H15FN6/c1-7-3-9(4-8(2)10(7)15)5-17-12-11-13(19-6-18-11)21-14(16)20-12/h3-4,6H,5H2,1-2H3,(H4,16,17,18,19,20,21). The van der Waals surface area contributed by atoms with Gasteiger partial charge in [0, 0.05) is 6.54 Å². The van der Waals surface area contributed by atoms with Gasteiger partial charge in [0.2, 0.25) is 5.95 Å². The van der Waals surface area contributed by atoms with Crippen molar-refractivity contribution in [2.45, 2.75) is 20.4 Å². The zero-order valence-corrected chi connectivity index (χ0v) is 11.7. The van der Waals surface area contributed by atoms with E-state index in [0.29, 0.717) is 34.7 Å². The number of aromatic nitrogens is 4. The van der Waals surface area contributed by atoms with Crippen molar-refractivity contribution in [3.63, 3.8) is 0 Å². The van der Waals surface area contributed by atoms with E-state index in [2.05, 4.69) is 25.3 Å². The first kappa shape index (κ1) is 13.3. The number of hydrogen-bond acceptors (Lipinski definition) is 5. The summed E-state index contributed by atoms with van der Waals surface area (Å²) in [5, 5.41) is 3.18. The van der Waals surface area contributed by atoms with Crippen molar-refractivity contribution in [1.82, 2.24) is 19.9 Å². The predicted octanol–water partition coefficient (Wildman–Crippen LogP) is 2.30. The third-order valence-electron chi connectivity index (χ3n) is 3.26. The molecule has 0 fully saturated rings. The summed E-state index contributed by atoms with van der Waals surface area (Å²) in [7, 11) is 0. The monoisotopic (exact) mass is 286 g/mol. The van der Waals surface area contributed by atoms with Crippen molar-refractivity contribution < 1.29 is 4.39 Å². The number of nitrogens with two attached hydrogens (primary N) is 1. The molecular formula is C14H15FN6. The normalized spacial score (nSPS) is 11.0. The molecule has 0 amide bonds. The van der Waals surface area contributed by atoms with Gasteiger partial charge in [-0.25, -0.2) is 9.37 Å². The van der Waals surface area contributed by atoms with E-state index in [1.54, 1.807) is 13.8 Å². The van der Waals surface area contributed by atoms with Crippen molar-refractivity contribution in [2.75, 3.05) is 11.1 Å². The molecule has 7 heteroatoms. The summed E-state index contributed by atoms with van der Waals surface area (Å²) in [6.07, 6.45) is 1.54. The van der Waals surface area contributed by atoms with Gasteiger partial charge in [0.15, 0.2) is 11.5 Å². The van der Waals surface area contributed by atoms with Crippen LogP contribution in [0.15, 0.2) is 18.5 Å². The maximum Gasteiger partial charge on any atom is 0.224 e. The maximum absolute atomic E-state index is 13.6. The number of nitrogens with one attached hydrogen (secondary N) is 2. The number of hydrogen-bond donors (Lipinski definition) is 3. The Hall–Kier alpha value is -2.70.